The second-order valence-electron chi connectivity index (χ2n) is 5.98. The zero-order valence-corrected chi connectivity index (χ0v) is 14.2. The highest BCUT2D eigenvalue weighted by Crippen LogP contribution is 2.16. The van der Waals surface area contributed by atoms with Gasteiger partial charge in [-0.3, -0.25) is 4.79 Å². The van der Waals surface area contributed by atoms with E-state index in [1.807, 2.05) is 18.2 Å². The number of halogens is 1. The second-order valence-corrected chi connectivity index (χ2v) is 5.98. The molecule has 1 aliphatic carbocycles. The molecule has 1 saturated carbocycles. The Labute approximate surface area is 140 Å². The molecule has 0 bridgehead atoms. The molecular formula is C18H29ClN2O. The Morgan fingerprint density at radius 3 is 2.36 bits per heavy atom. The first-order chi connectivity index (χ1) is 10.3. The van der Waals surface area contributed by atoms with E-state index >= 15 is 0 Å². The highest BCUT2D eigenvalue weighted by Gasteiger charge is 2.10. The van der Waals surface area contributed by atoms with Gasteiger partial charge in [0, 0.05) is 25.6 Å². The summed E-state index contributed by atoms with van der Waals surface area (Å²) in [6, 6.07) is 10.8. The van der Waals surface area contributed by atoms with Crippen molar-refractivity contribution in [2.24, 2.45) is 0 Å². The fraction of sp³-hybridized carbons (Fsp3) is 0.611. The minimum atomic E-state index is 0. The van der Waals surface area contributed by atoms with E-state index in [0.717, 1.165) is 19.5 Å². The van der Waals surface area contributed by atoms with Crippen molar-refractivity contribution in [2.75, 3.05) is 13.1 Å². The smallest absolute Gasteiger partial charge is 0.220 e. The Kier molecular flexibility index (Phi) is 9.93. The van der Waals surface area contributed by atoms with Crippen molar-refractivity contribution >= 4 is 18.3 Å². The number of amides is 1. The van der Waals surface area contributed by atoms with Crippen LogP contribution >= 0.6 is 12.4 Å². The van der Waals surface area contributed by atoms with Crippen LogP contribution in [0.5, 0.6) is 0 Å². The lowest BCUT2D eigenvalue weighted by Gasteiger charge is -2.16. The van der Waals surface area contributed by atoms with Gasteiger partial charge in [0.2, 0.25) is 5.91 Å². The van der Waals surface area contributed by atoms with Gasteiger partial charge in [-0.1, -0.05) is 56.0 Å². The standard InChI is InChI=1S/C18H28N2O.ClH/c21-18(13-12-16-8-4-3-5-9-16)20-15-14-19-17-10-6-1-2-7-11-17;/h3-5,8-9,17,19H,1-2,6-7,10-15H2,(H,20,21);1H. The molecule has 0 spiro atoms. The number of hydrogen-bond acceptors (Lipinski definition) is 2. The maximum atomic E-state index is 11.8. The average Bonchev–Trinajstić information content (AvgIpc) is 2.79. The number of benzene rings is 1. The van der Waals surface area contributed by atoms with Gasteiger partial charge in [-0.25, -0.2) is 0 Å². The summed E-state index contributed by atoms with van der Waals surface area (Å²) in [5, 5.41) is 6.58. The van der Waals surface area contributed by atoms with Crippen LogP contribution in [-0.2, 0) is 11.2 Å². The normalized spacial score (nSPS) is 15.6. The Bertz CT molecular complexity index is 403. The maximum Gasteiger partial charge on any atom is 0.220 e. The second kappa shape index (κ2) is 11.5. The molecular weight excluding hydrogens is 296 g/mol. The topological polar surface area (TPSA) is 41.1 Å². The van der Waals surface area contributed by atoms with E-state index in [-0.39, 0.29) is 18.3 Å². The van der Waals surface area contributed by atoms with E-state index in [1.54, 1.807) is 0 Å². The van der Waals surface area contributed by atoms with Crippen LogP contribution in [0, 0.1) is 0 Å². The molecule has 0 saturated heterocycles. The van der Waals surface area contributed by atoms with Crippen molar-refractivity contribution in [1.29, 1.82) is 0 Å². The monoisotopic (exact) mass is 324 g/mol. The molecule has 0 radical (unpaired) electrons. The number of carbonyl (C=O) groups is 1. The predicted molar refractivity (Wildman–Crippen MR) is 94.5 cm³/mol. The number of carbonyl (C=O) groups excluding carboxylic acids is 1. The molecule has 1 amide bonds. The van der Waals surface area contributed by atoms with Gasteiger partial charge in [0.15, 0.2) is 0 Å². The van der Waals surface area contributed by atoms with Crippen molar-refractivity contribution in [3.05, 3.63) is 35.9 Å². The number of nitrogens with one attached hydrogen (secondary N) is 2. The van der Waals surface area contributed by atoms with Gasteiger partial charge in [-0.2, -0.15) is 0 Å². The van der Waals surface area contributed by atoms with Crippen LogP contribution in [-0.4, -0.2) is 25.0 Å². The van der Waals surface area contributed by atoms with Gasteiger partial charge in [0.25, 0.3) is 0 Å². The van der Waals surface area contributed by atoms with Crippen LogP contribution in [0.4, 0.5) is 0 Å². The molecule has 3 nitrogen and oxygen atoms in total. The molecule has 1 aromatic carbocycles. The molecule has 1 fully saturated rings. The number of hydrogen-bond donors (Lipinski definition) is 2. The van der Waals surface area contributed by atoms with E-state index in [2.05, 4.69) is 22.8 Å². The Hall–Kier alpha value is -1.06. The molecule has 4 heteroatoms. The SMILES string of the molecule is Cl.O=C(CCc1ccccc1)NCCNC1CCCCCC1. The van der Waals surface area contributed by atoms with Crippen molar-refractivity contribution in [3.8, 4) is 0 Å². The van der Waals surface area contributed by atoms with Gasteiger partial charge in [0.05, 0.1) is 0 Å². The van der Waals surface area contributed by atoms with Gasteiger partial charge < -0.3 is 10.6 Å². The molecule has 2 rings (SSSR count). The molecule has 0 atom stereocenters. The van der Waals surface area contributed by atoms with E-state index < -0.39 is 0 Å². The molecule has 0 unspecified atom stereocenters. The molecule has 0 aromatic heterocycles. The first-order valence-electron chi connectivity index (χ1n) is 8.38. The summed E-state index contributed by atoms with van der Waals surface area (Å²) in [5.74, 6) is 0.154. The molecule has 124 valence electrons. The summed E-state index contributed by atoms with van der Waals surface area (Å²) in [6.07, 6.45) is 9.45. The van der Waals surface area contributed by atoms with Crippen LogP contribution in [0.2, 0.25) is 0 Å². The minimum absolute atomic E-state index is 0. The summed E-state index contributed by atoms with van der Waals surface area (Å²) >= 11 is 0. The molecule has 0 heterocycles. The van der Waals surface area contributed by atoms with E-state index in [4.69, 9.17) is 0 Å². The third-order valence-electron chi connectivity index (χ3n) is 4.22. The molecule has 22 heavy (non-hydrogen) atoms. The number of rotatable bonds is 7. The predicted octanol–water partition coefficient (Wildman–Crippen LogP) is 3.47. The Balaban J connectivity index is 0.00000242. The van der Waals surface area contributed by atoms with E-state index in [9.17, 15) is 4.79 Å². The lowest BCUT2D eigenvalue weighted by Crippen LogP contribution is -2.36. The van der Waals surface area contributed by atoms with Crippen LogP contribution in [0.15, 0.2) is 30.3 Å². The van der Waals surface area contributed by atoms with Gasteiger partial charge >= 0.3 is 0 Å². The zero-order chi connectivity index (χ0) is 14.8. The highest BCUT2D eigenvalue weighted by atomic mass is 35.5. The van der Waals surface area contributed by atoms with Crippen LogP contribution < -0.4 is 10.6 Å². The minimum Gasteiger partial charge on any atom is -0.355 e. The molecule has 1 aromatic rings. The fourth-order valence-corrected chi connectivity index (χ4v) is 2.95. The summed E-state index contributed by atoms with van der Waals surface area (Å²) in [4.78, 5) is 11.8. The third kappa shape index (κ3) is 7.81. The largest absolute Gasteiger partial charge is 0.355 e. The Morgan fingerprint density at radius 2 is 1.68 bits per heavy atom. The van der Waals surface area contributed by atoms with Gasteiger partial charge in [-0.05, 0) is 24.8 Å². The molecule has 0 aliphatic heterocycles. The van der Waals surface area contributed by atoms with E-state index in [0.29, 0.717) is 12.5 Å². The lowest BCUT2D eigenvalue weighted by molar-refractivity contribution is -0.121. The van der Waals surface area contributed by atoms with Crippen molar-refractivity contribution in [1.82, 2.24) is 10.6 Å². The third-order valence-corrected chi connectivity index (χ3v) is 4.22. The molecule has 1 aliphatic rings. The van der Waals surface area contributed by atoms with Crippen molar-refractivity contribution < 1.29 is 4.79 Å². The first-order valence-corrected chi connectivity index (χ1v) is 8.38. The quantitative estimate of drug-likeness (QED) is 0.595. The summed E-state index contributed by atoms with van der Waals surface area (Å²) in [5.41, 5.74) is 1.23. The van der Waals surface area contributed by atoms with Crippen LogP contribution in [0.25, 0.3) is 0 Å². The lowest BCUT2D eigenvalue weighted by atomic mass is 10.1. The summed E-state index contributed by atoms with van der Waals surface area (Å²) < 4.78 is 0. The summed E-state index contributed by atoms with van der Waals surface area (Å²) in [7, 11) is 0. The van der Waals surface area contributed by atoms with Crippen molar-refractivity contribution in [2.45, 2.75) is 57.4 Å². The van der Waals surface area contributed by atoms with E-state index in [1.165, 1.54) is 44.1 Å². The fourth-order valence-electron chi connectivity index (χ4n) is 2.95. The molecule has 2 N–H and O–H groups in total. The van der Waals surface area contributed by atoms with Gasteiger partial charge in [0.1, 0.15) is 0 Å². The maximum absolute atomic E-state index is 11.8. The zero-order valence-electron chi connectivity index (χ0n) is 13.4. The van der Waals surface area contributed by atoms with Crippen molar-refractivity contribution in [3.63, 3.8) is 0 Å². The first kappa shape index (κ1) is 19.0. The van der Waals surface area contributed by atoms with Crippen LogP contribution in [0.3, 0.4) is 0 Å². The number of aryl methyl sites for hydroxylation is 1. The van der Waals surface area contributed by atoms with Gasteiger partial charge in [-0.15, -0.1) is 12.4 Å². The highest BCUT2D eigenvalue weighted by molar-refractivity contribution is 5.85. The summed E-state index contributed by atoms with van der Waals surface area (Å²) in [6.45, 7) is 1.63. The Morgan fingerprint density at radius 1 is 1.00 bits per heavy atom. The average molecular weight is 325 g/mol. The van der Waals surface area contributed by atoms with Crippen LogP contribution in [0.1, 0.15) is 50.5 Å².